The molecule has 3 saturated heterocycles. The first kappa shape index (κ1) is 29.6. The second-order valence-electron chi connectivity index (χ2n) is 15.2. The molecule has 9 heteroatoms. The predicted octanol–water partition coefficient (Wildman–Crippen LogP) is 6.97. The summed E-state index contributed by atoms with van der Waals surface area (Å²) in [6, 6.07) is 10.7. The van der Waals surface area contributed by atoms with Gasteiger partial charge in [-0.15, -0.1) is 0 Å². The molecule has 2 saturated carbocycles. The zero-order valence-electron chi connectivity index (χ0n) is 27.1. The number of ether oxygens (including phenoxy) is 1. The maximum absolute atomic E-state index is 16.9. The van der Waals surface area contributed by atoms with Gasteiger partial charge in [-0.3, -0.25) is 0 Å². The van der Waals surface area contributed by atoms with Crippen LogP contribution >= 0.6 is 0 Å². The van der Waals surface area contributed by atoms with Gasteiger partial charge in [0.15, 0.2) is 5.82 Å². The van der Waals surface area contributed by atoms with E-state index in [0.29, 0.717) is 63.6 Å². The first-order valence-electron chi connectivity index (χ1n) is 17.6. The minimum Gasteiger partial charge on any atom is -0.508 e. The number of likely N-dealkylation sites (tertiary alicyclic amines) is 1. The third-order valence-corrected chi connectivity index (χ3v) is 12.0. The van der Waals surface area contributed by atoms with Crippen molar-refractivity contribution in [3.8, 4) is 22.9 Å². The highest BCUT2D eigenvalue weighted by Crippen LogP contribution is 2.55. The number of nitrogens with one attached hydrogen (secondary N) is 1. The summed E-state index contributed by atoms with van der Waals surface area (Å²) in [6.45, 7) is 7.37. The lowest BCUT2D eigenvalue weighted by Crippen LogP contribution is -2.51. The summed E-state index contributed by atoms with van der Waals surface area (Å²) in [5.74, 6) is -0.159. The molecule has 0 amide bonds. The van der Waals surface area contributed by atoms with Gasteiger partial charge in [-0.25, -0.2) is 8.78 Å². The highest BCUT2D eigenvalue weighted by Gasteiger charge is 2.49. The van der Waals surface area contributed by atoms with Gasteiger partial charge in [0, 0.05) is 48.1 Å². The van der Waals surface area contributed by atoms with Crippen LogP contribution in [-0.2, 0) is 6.42 Å². The molecule has 3 aliphatic heterocycles. The number of anilines is 1. The molecule has 2 bridgehead atoms. The lowest BCUT2D eigenvalue weighted by Gasteiger charge is -2.35. The van der Waals surface area contributed by atoms with Gasteiger partial charge in [-0.2, -0.15) is 9.97 Å². The second-order valence-corrected chi connectivity index (χ2v) is 15.2. The Bertz CT molecular complexity index is 1870. The predicted molar refractivity (Wildman–Crippen MR) is 180 cm³/mol. The van der Waals surface area contributed by atoms with Crippen LogP contribution in [-0.4, -0.2) is 71.4 Å². The Morgan fingerprint density at radius 3 is 2.40 bits per heavy atom. The van der Waals surface area contributed by atoms with Gasteiger partial charge in [0.2, 0.25) is 0 Å². The summed E-state index contributed by atoms with van der Waals surface area (Å²) in [5, 5.41) is 16.2. The number of aromatic hydroxyl groups is 1. The molecule has 0 radical (unpaired) electrons. The van der Waals surface area contributed by atoms with Crippen molar-refractivity contribution in [2.24, 2.45) is 10.8 Å². The third-order valence-electron chi connectivity index (χ3n) is 12.0. The number of piperidine rings is 1. The molecule has 246 valence electrons. The fourth-order valence-electron chi connectivity index (χ4n) is 8.75. The quantitative estimate of drug-likeness (QED) is 0.216. The number of phenolic OH excluding ortho intramolecular Hbond substituents is 1. The normalized spacial score (nSPS) is 24.4. The van der Waals surface area contributed by atoms with Crippen molar-refractivity contribution >= 4 is 27.5 Å². The Hall–Kier alpha value is -3.56. The van der Waals surface area contributed by atoms with Crippen molar-refractivity contribution in [1.82, 2.24) is 20.2 Å². The van der Waals surface area contributed by atoms with Crippen LogP contribution in [0.15, 0.2) is 36.4 Å². The van der Waals surface area contributed by atoms with Crippen LogP contribution in [0.1, 0.15) is 63.9 Å². The number of halogens is 2. The van der Waals surface area contributed by atoms with Crippen LogP contribution in [0.3, 0.4) is 0 Å². The van der Waals surface area contributed by atoms with E-state index < -0.39 is 5.82 Å². The van der Waals surface area contributed by atoms with Gasteiger partial charge in [0.25, 0.3) is 0 Å². The minimum atomic E-state index is -0.518. The molecule has 1 spiro atoms. The van der Waals surface area contributed by atoms with E-state index in [-0.39, 0.29) is 34.1 Å². The first-order valence-corrected chi connectivity index (χ1v) is 17.6. The Labute approximate surface area is 274 Å². The SMILES string of the molecule is CCc1c(F)ccc2cc(O)cc(-c3ccc4c(N5CC6CCC(C5)N6)nc(OCC5(CN6CCC7(CC6)CC7)CC5)nc4c3F)c12. The van der Waals surface area contributed by atoms with Gasteiger partial charge < -0.3 is 25.0 Å². The molecular weight excluding hydrogens is 596 g/mol. The molecule has 47 heavy (non-hydrogen) atoms. The minimum absolute atomic E-state index is 0.0000799. The summed E-state index contributed by atoms with van der Waals surface area (Å²) in [5.41, 5.74) is 2.16. The molecule has 2 aliphatic carbocycles. The molecule has 5 aliphatic rings. The molecule has 4 heterocycles. The number of aromatic nitrogens is 2. The fourth-order valence-corrected chi connectivity index (χ4v) is 8.75. The second kappa shape index (κ2) is 11.0. The molecular formula is C38H43F2N5O2. The van der Waals surface area contributed by atoms with E-state index in [1.807, 2.05) is 13.0 Å². The highest BCUT2D eigenvalue weighted by atomic mass is 19.1. The van der Waals surface area contributed by atoms with Crippen LogP contribution in [0.4, 0.5) is 14.6 Å². The van der Waals surface area contributed by atoms with Crippen LogP contribution < -0.4 is 15.0 Å². The average molecular weight is 640 g/mol. The maximum Gasteiger partial charge on any atom is 0.319 e. The van der Waals surface area contributed by atoms with Crippen molar-refractivity contribution in [2.75, 3.05) is 44.2 Å². The monoisotopic (exact) mass is 639 g/mol. The average Bonchev–Trinajstić information content (AvgIpc) is 4.00. The summed E-state index contributed by atoms with van der Waals surface area (Å²) >= 11 is 0. The van der Waals surface area contributed by atoms with Gasteiger partial charge in [-0.1, -0.05) is 19.1 Å². The number of benzene rings is 3. The molecule has 3 aromatic carbocycles. The Balaban J connectivity index is 1.10. The molecule has 9 rings (SSSR count). The van der Waals surface area contributed by atoms with Gasteiger partial charge in [0.05, 0.1) is 6.61 Å². The molecule has 2 atom stereocenters. The van der Waals surface area contributed by atoms with E-state index in [2.05, 4.69) is 15.1 Å². The van der Waals surface area contributed by atoms with E-state index in [1.54, 1.807) is 18.2 Å². The van der Waals surface area contributed by atoms with E-state index in [1.165, 1.54) is 50.9 Å². The molecule has 1 aromatic heterocycles. The molecule has 7 nitrogen and oxygen atoms in total. The lowest BCUT2D eigenvalue weighted by atomic mass is 9.92. The van der Waals surface area contributed by atoms with Crippen molar-refractivity contribution < 1.29 is 18.6 Å². The highest BCUT2D eigenvalue weighted by molar-refractivity contribution is 6.03. The number of hydrogen-bond donors (Lipinski definition) is 2. The number of nitrogens with zero attached hydrogens (tertiary/aromatic N) is 4. The fraction of sp³-hybridized carbons (Fsp3) is 0.526. The smallest absolute Gasteiger partial charge is 0.319 e. The van der Waals surface area contributed by atoms with Crippen molar-refractivity contribution in [3.05, 3.63) is 53.6 Å². The largest absolute Gasteiger partial charge is 0.508 e. The first-order chi connectivity index (χ1) is 22.8. The Morgan fingerprint density at radius 1 is 0.936 bits per heavy atom. The molecule has 5 fully saturated rings. The summed E-state index contributed by atoms with van der Waals surface area (Å²) in [4.78, 5) is 14.6. The van der Waals surface area contributed by atoms with E-state index >= 15 is 8.78 Å². The van der Waals surface area contributed by atoms with Gasteiger partial charge >= 0.3 is 6.01 Å². The standard InChI is InChI=1S/C38H43F2N5O2/c1-2-27-31(39)8-3-23-17-26(46)18-30(32(23)27)28-6-7-29-34(33(28)40)42-36(43-35(29)45-19-24-4-5-25(20-45)41-24)47-22-38(11-12-38)21-44-15-13-37(9-10-37)14-16-44/h3,6-8,17-18,24-25,41,46H,2,4-5,9-16,19-22H2,1H3. The maximum atomic E-state index is 16.9. The molecule has 2 N–H and O–H groups in total. The Kier molecular flexibility index (Phi) is 6.91. The van der Waals surface area contributed by atoms with E-state index in [0.717, 1.165) is 45.3 Å². The number of rotatable bonds is 8. The topological polar surface area (TPSA) is 73.8 Å². The van der Waals surface area contributed by atoms with E-state index in [9.17, 15) is 5.11 Å². The van der Waals surface area contributed by atoms with Gasteiger partial charge in [-0.05, 0) is 122 Å². The summed E-state index contributed by atoms with van der Waals surface area (Å²) < 4.78 is 38.4. The van der Waals surface area contributed by atoms with Crippen LogP contribution in [0.2, 0.25) is 0 Å². The van der Waals surface area contributed by atoms with Crippen molar-refractivity contribution in [3.63, 3.8) is 0 Å². The van der Waals surface area contributed by atoms with Crippen LogP contribution in [0.25, 0.3) is 32.8 Å². The zero-order chi connectivity index (χ0) is 31.9. The number of phenols is 1. The van der Waals surface area contributed by atoms with Crippen LogP contribution in [0.5, 0.6) is 11.8 Å². The number of hydrogen-bond acceptors (Lipinski definition) is 7. The van der Waals surface area contributed by atoms with Crippen molar-refractivity contribution in [1.29, 1.82) is 0 Å². The van der Waals surface area contributed by atoms with Crippen LogP contribution in [0, 0.1) is 22.5 Å². The molecule has 2 unspecified atom stereocenters. The zero-order valence-corrected chi connectivity index (χ0v) is 27.1. The third kappa shape index (κ3) is 5.30. The Morgan fingerprint density at radius 2 is 1.70 bits per heavy atom. The summed E-state index contributed by atoms with van der Waals surface area (Å²) in [7, 11) is 0. The lowest BCUT2D eigenvalue weighted by molar-refractivity contribution is 0.115. The molecule has 4 aromatic rings. The number of piperazine rings is 1. The number of aryl methyl sites for hydroxylation is 1. The van der Waals surface area contributed by atoms with Crippen molar-refractivity contribution in [2.45, 2.75) is 76.8 Å². The van der Waals surface area contributed by atoms with E-state index in [4.69, 9.17) is 14.7 Å². The summed E-state index contributed by atoms with van der Waals surface area (Å²) in [6.07, 6.45) is 10.4. The van der Waals surface area contributed by atoms with Gasteiger partial charge in [0.1, 0.15) is 22.9 Å². The number of fused-ring (bicyclic) bond motifs is 4.